The normalized spacial score (nSPS) is 10.7. The van der Waals surface area contributed by atoms with E-state index in [1.54, 1.807) is 56.6 Å². The first-order valence-electron chi connectivity index (χ1n) is 17.0. The summed E-state index contributed by atoms with van der Waals surface area (Å²) in [7, 11) is 1.93. The molecule has 0 radical (unpaired) electrons. The van der Waals surface area contributed by atoms with Gasteiger partial charge in [0.25, 0.3) is 5.91 Å². The van der Waals surface area contributed by atoms with Crippen molar-refractivity contribution in [1.82, 2.24) is 20.0 Å². The van der Waals surface area contributed by atoms with Crippen LogP contribution in [0.4, 0.5) is 16.3 Å². The lowest BCUT2D eigenvalue weighted by atomic mass is 10.1. The van der Waals surface area contributed by atoms with Crippen LogP contribution in [0.25, 0.3) is 11.0 Å². The number of hydrogen-bond acceptors (Lipinski definition) is 10. The Morgan fingerprint density at radius 1 is 0.980 bits per heavy atom. The minimum atomic E-state index is -0.745. The van der Waals surface area contributed by atoms with Gasteiger partial charge in [-0.3, -0.25) is 19.3 Å². The second kappa shape index (κ2) is 21.3. The van der Waals surface area contributed by atoms with E-state index >= 15 is 0 Å². The number of carbonyl (C=O) groups is 4. The number of rotatable bonds is 17. The highest BCUT2D eigenvalue weighted by Crippen LogP contribution is 2.21. The Labute approximate surface area is 297 Å². The average Bonchev–Trinajstić information content (AvgIpc) is 3.46. The Hall–Kier alpha value is -5.79. The number of nitrogens with zero attached hydrogens (tertiary/aromatic N) is 5. The Kier molecular flexibility index (Phi) is 16.6. The number of aromatic nitrogens is 3. The molecular weight excluding hydrogens is 654 g/mol. The van der Waals surface area contributed by atoms with E-state index in [-0.39, 0.29) is 37.9 Å². The first-order chi connectivity index (χ1) is 24.7. The van der Waals surface area contributed by atoms with Gasteiger partial charge in [0, 0.05) is 37.5 Å². The average molecular weight is 702 g/mol. The van der Waals surface area contributed by atoms with E-state index in [9.17, 15) is 19.2 Å². The van der Waals surface area contributed by atoms with Crippen LogP contribution in [-0.4, -0.2) is 69.6 Å². The van der Waals surface area contributed by atoms with E-state index in [4.69, 9.17) is 19.6 Å². The highest BCUT2D eigenvalue weighted by molar-refractivity contribution is 6.07. The van der Waals surface area contributed by atoms with Crippen LogP contribution in [0, 0.1) is 0 Å². The van der Waals surface area contributed by atoms with Gasteiger partial charge in [-0.05, 0) is 61.4 Å². The van der Waals surface area contributed by atoms with Crippen LogP contribution in [0.15, 0.2) is 72.0 Å². The summed E-state index contributed by atoms with van der Waals surface area (Å²) in [4.78, 5) is 57.3. The van der Waals surface area contributed by atoms with Gasteiger partial charge in [-0.1, -0.05) is 51.3 Å². The lowest BCUT2D eigenvalue weighted by Gasteiger charge is -2.21. The van der Waals surface area contributed by atoms with Gasteiger partial charge in [-0.15, -0.1) is 0 Å². The van der Waals surface area contributed by atoms with E-state index in [1.165, 1.54) is 4.90 Å². The number of unbranched alkanes of at least 4 members (excludes halogenated alkanes) is 3. The zero-order chi connectivity index (χ0) is 37.0. The molecule has 0 atom stereocenters. The maximum atomic E-state index is 13.6. The van der Waals surface area contributed by atoms with Crippen molar-refractivity contribution in [2.24, 2.45) is 12.1 Å². The van der Waals surface area contributed by atoms with E-state index in [1.807, 2.05) is 41.9 Å². The number of esters is 1. The van der Waals surface area contributed by atoms with Crippen molar-refractivity contribution in [3.63, 3.8) is 0 Å². The highest BCUT2D eigenvalue weighted by Gasteiger charge is 2.21. The predicted octanol–water partition coefficient (Wildman–Crippen LogP) is 6.30. The Morgan fingerprint density at radius 2 is 1.75 bits per heavy atom. The largest absolute Gasteiger partial charge is 0.481 e. The zero-order valence-corrected chi connectivity index (χ0v) is 29.6. The molecule has 2 aromatic heterocycles. The number of carboxylic acids is 1. The molecule has 272 valence electrons. The number of aliphatic carboxylic acids is 1. The molecule has 3 N–H and O–H groups in total. The van der Waals surface area contributed by atoms with Crippen LogP contribution in [-0.2, 0) is 32.7 Å². The minimum Gasteiger partial charge on any atom is -0.481 e. The predicted molar refractivity (Wildman–Crippen MR) is 196 cm³/mol. The van der Waals surface area contributed by atoms with Gasteiger partial charge in [0.05, 0.1) is 43.4 Å². The van der Waals surface area contributed by atoms with Gasteiger partial charge >= 0.3 is 18.0 Å². The topological polar surface area (TPSA) is 177 Å². The number of pyridine rings is 1. The fourth-order valence-electron chi connectivity index (χ4n) is 4.72. The van der Waals surface area contributed by atoms with Crippen LogP contribution in [0.5, 0.6) is 0 Å². The molecular formula is C37H47N7O7. The standard InChI is InChI=1S/C34H41N7O5.C3H6O2/c1-4-6-7-10-21-46-34(44)39-37-23-25-12-15-27(16-13-25)36-24-31-38-28-22-26(14-17-29(28)40(31)3)33(43)41(20-18-32(42)45-5-2)30-11-8-9-19-35-30;1-2-3(4)5/h8-9,11-17,19,22-23,36H,4-7,10,18,20-21,24H2,1-3H3,(H,39,44);2H2,1H3,(H,4,5)/b37-23+;. The molecule has 0 fully saturated rings. The third-order valence-electron chi connectivity index (χ3n) is 7.50. The molecule has 0 aliphatic carbocycles. The minimum absolute atomic E-state index is 0.0519. The maximum Gasteiger partial charge on any atom is 0.427 e. The Bertz CT molecular complexity index is 1740. The SMILES string of the molecule is CCC(=O)O.CCCCCCOC(=O)N/N=C/c1ccc(NCc2nc3cc(C(=O)N(CCC(=O)OCC)c4ccccn4)ccc3n2C)cc1. The van der Waals surface area contributed by atoms with Gasteiger partial charge in [-0.2, -0.15) is 5.10 Å². The van der Waals surface area contributed by atoms with Crippen LogP contribution < -0.4 is 15.6 Å². The van der Waals surface area contributed by atoms with Gasteiger partial charge in [-0.25, -0.2) is 20.2 Å². The third-order valence-corrected chi connectivity index (χ3v) is 7.50. The number of anilines is 2. The quantitative estimate of drug-likeness (QED) is 0.0490. The number of nitrogens with one attached hydrogen (secondary N) is 2. The fourth-order valence-corrected chi connectivity index (χ4v) is 4.72. The third kappa shape index (κ3) is 13.2. The molecule has 4 rings (SSSR count). The van der Waals surface area contributed by atoms with Crippen molar-refractivity contribution < 1.29 is 33.8 Å². The molecule has 2 heterocycles. The molecule has 2 aromatic carbocycles. The maximum absolute atomic E-state index is 13.6. The molecule has 0 saturated carbocycles. The molecule has 0 unspecified atom stereocenters. The van der Waals surface area contributed by atoms with Crippen LogP contribution >= 0.6 is 0 Å². The first-order valence-corrected chi connectivity index (χ1v) is 17.0. The second-order valence-electron chi connectivity index (χ2n) is 11.3. The number of benzene rings is 2. The van der Waals surface area contributed by atoms with E-state index in [0.717, 1.165) is 48.3 Å². The molecule has 0 spiro atoms. The van der Waals surface area contributed by atoms with Crippen molar-refractivity contribution >= 4 is 52.7 Å². The van der Waals surface area contributed by atoms with Crippen LogP contribution in [0.3, 0.4) is 0 Å². The summed E-state index contributed by atoms with van der Waals surface area (Å²) in [5.74, 6) is -0.171. The number of amides is 2. The summed E-state index contributed by atoms with van der Waals surface area (Å²) in [6, 6.07) is 18.3. The number of fused-ring (bicyclic) bond motifs is 1. The van der Waals surface area contributed by atoms with Crippen molar-refractivity contribution in [3.05, 3.63) is 83.8 Å². The van der Waals surface area contributed by atoms with E-state index in [0.29, 0.717) is 30.0 Å². The number of carboxylic acid groups (broad SMARTS) is 1. The van der Waals surface area contributed by atoms with Crippen molar-refractivity contribution in [1.29, 1.82) is 0 Å². The van der Waals surface area contributed by atoms with E-state index in [2.05, 4.69) is 27.8 Å². The van der Waals surface area contributed by atoms with Crippen molar-refractivity contribution in [2.75, 3.05) is 30.0 Å². The highest BCUT2D eigenvalue weighted by atomic mass is 16.6. The first kappa shape index (κ1) is 39.6. The molecule has 2 amide bonds. The number of hydrogen-bond donors (Lipinski definition) is 3. The van der Waals surface area contributed by atoms with Gasteiger partial charge in [0.15, 0.2) is 0 Å². The van der Waals surface area contributed by atoms with Crippen molar-refractivity contribution in [2.45, 2.75) is 65.8 Å². The molecule has 0 saturated heterocycles. The van der Waals surface area contributed by atoms with Gasteiger partial charge in [0.2, 0.25) is 0 Å². The molecule has 14 heteroatoms. The van der Waals surface area contributed by atoms with Crippen LogP contribution in [0.1, 0.15) is 81.0 Å². The summed E-state index contributed by atoms with van der Waals surface area (Å²) in [5.41, 5.74) is 6.07. The number of imidazole rings is 1. The Morgan fingerprint density at radius 3 is 2.41 bits per heavy atom. The molecule has 4 aromatic rings. The molecule has 51 heavy (non-hydrogen) atoms. The molecule has 0 aliphatic rings. The summed E-state index contributed by atoms with van der Waals surface area (Å²) < 4.78 is 12.1. The monoisotopic (exact) mass is 701 g/mol. The number of ether oxygens (including phenoxy) is 2. The van der Waals surface area contributed by atoms with Gasteiger partial charge < -0.3 is 24.5 Å². The van der Waals surface area contributed by atoms with Crippen molar-refractivity contribution in [3.8, 4) is 0 Å². The van der Waals surface area contributed by atoms with E-state index < -0.39 is 12.1 Å². The lowest BCUT2D eigenvalue weighted by Crippen LogP contribution is -2.34. The summed E-state index contributed by atoms with van der Waals surface area (Å²) in [6.45, 7) is 6.73. The molecule has 0 bridgehead atoms. The van der Waals surface area contributed by atoms with Gasteiger partial charge in [0.1, 0.15) is 11.6 Å². The number of hydrazone groups is 1. The lowest BCUT2D eigenvalue weighted by molar-refractivity contribution is -0.142. The molecule has 0 aliphatic heterocycles. The number of aryl methyl sites for hydroxylation is 1. The summed E-state index contributed by atoms with van der Waals surface area (Å²) >= 11 is 0. The zero-order valence-electron chi connectivity index (χ0n) is 29.6. The summed E-state index contributed by atoms with van der Waals surface area (Å²) in [5, 5.41) is 15.0. The molecule has 14 nitrogen and oxygen atoms in total. The van der Waals surface area contributed by atoms with Crippen LogP contribution in [0.2, 0.25) is 0 Å². The summed E-state index contributed by atoms with van der Waals surface area (Å²) in [6.07, 6.45) is 7.02. The smallest absolute Gasteiger partial charge is 0.427 e. The number of carbonyl (C=O) groups excluding carboxylic acids is 3. The second-order valence-corrected chi connectivity index (χ2v) is 11.3. The Balaban J connectivity index is 0.00000131. The fraction of sp³-hybridized carbons (Fsp3) is 0.378.